The summed E-state index contributed by atoms with van der Waals surface area (Å²) in [5.41, 5.74) is 3.02. The van der Waals surface area contributed by atoms with Crippen molar-refractivity contribution in [1.29, 1.82) is 0 Å². The first kappa shape index (κ1) is 19.9. The Morgan fingerprint density at radius 1 is 1.07 bits per heavy atom. The van der Waals surface area contributed by atoms with E-state index < -0.39 is 0 Å². The number of para-hydroxylation sites is 2. The molecule has 3 rings (SSSR count). The lowest BCUT2D eigenvalue weighted by molar-refractivity contribution is -0.117. The monoisotopic (exact) mass is 421 g/mol. The molecule has 0 bridgehead atoms. The van der Waals surface area contributed by atoms with Crippen LogP contribution in [0.15, 0.2) is 42.5 Å². The molecule has 0 spiro atoms. The lowest BCUT2D eigenvalue weighted by Gasteiger charge is -2.18. The zero-order valence-corrected chi connectivity index (χ0v) is 17.2. The van der Waals surface area contributed by atoms with Crippen LogP contribution in [0.2, 0.25) is 15.1 Å². The number of halogens is 3. The van der Waals surface area contributed by atoms with Crippen molar-refractivity contribution in [3.63, 3.8) is 0 Å². The van der Waals surface area contributed by atoms with E-state index in [1.165, 1.54) is 0 Å². The molecule has 1 aromatic heterocycles. The first-order chi connectivity index (χ1) is 12.9. The van der Waals surface area contributed by atoms with Crippen molar-refractivity contribution in [2.24, 2.45) is 0 Å². The molecule has 2 aromatic carbocycles. The van der Waals surface area contributed by atoms with Crippen LogP contribution in [0.4, 0.5) is 5.69 Å². The van der Waals surface area contributed by atoms with Gasteiger partial charge in [0.1, 0.15) is 0 Å². The third-order valence-electron chi connectivity index (χ3n) is 4.21. The standard InChI is InChI=1S/C20H18Cl3N3O/c1-12-13-6-3-4-9-16(13)24-17(19(12)23)10-26(2)11-18(27)25-20-14(21)7-5-8-15(20)22/h3-9H,10-11H2,1-2H3,(H,25,27). The number of nitrogens with zero attached hydrogens (tertiary/aromatic N) is 2. The number of carbonyl (C=O) groups is 1. The van der Waals surface area contributed by atoms with Gasteiger partial charge >= 0.3 is 0 Å². The molecule has 0 saturated heterocycles. The third kappa shape index (κ3) is 4.53. The molecule has 0 aliphatic heterocycles. The first-order valence-corrected chi connectivity index (χ1v) is 9.46. The van der Waals surface area contributed by atoms with Crippen molar-refractivity contribution in [2.75, 3.05) is 18.9 Å². The summed E-state index contributed by atoms with van der Waals surface area (Å²) in [5, 5.41) is 5.19. The van der Waals surface area contributed by atoms with Gasteiger partial charge in [0.05, 0.1) is 38.5 Å². The van der Waals surface area contributed by atoms with Crippen LogP contribution in [0.3, 0.4) is 0 Å². The Kier molecular flexibility index (Phi) is 6.22. The second-order valence-corrected chi connectivity index (χ2v) is 7.52. The lowest BCUT2D eigenvalue weighted by atomic mass is 10.1. The highest BCUT2D eigenvalue weighted by molar-refractivity contribution is 6.39. The highest BCUT2D eigenvalue weighted by Crippen LogP contribution is 2.30. The minimum Gasteiger partial charge on any atom is -0.322 e. The first-order valence-electron chi connectivity index (χ1n) is 8.33. The quantitative estimate of drug-likeness (QED) is 0.584. The van der Waals surface area contributed by atoms with Crippen LogP contribution in [0.1, 0.15) is 11.3 Å². The molecule has 0 atom stereocenters. The molecule has 1 N–H and O–H groups in total. The minimum absolute atomic E-state index is 0.144. The maximum Gasteiger partial charge on any atom is 0.238 e. The SMILES string of the molecule is Cc1c(Cl)c(CN(C)CC(=O)Nc2c(Cl)cccc2Cl)nc2ccccc12. The van der Waals surface area contributed by atoms with Gasteiger partial charge in [-0.2, -0.15) is 0 Å². The average Bonchev–Trinajstić information content (AvgIpc) is 2.62. The molecule has 7 heteroatoms. The molecule has 27 heavy (non-hydrogen) atoms. The van der Waals surface area contributed by atoms with E-state index in [-0.39, 0.29) is 12.5 Å². The van der Waals surface area contributed by atoms with E-state index in [1.54, 1.807) is 18.2 Å². The smallest absolute Gasteiger partial charge is 0.238 e. The fourth-order valence-electron chi connectivity index (χ4n) is 2.88. The summed E-state index contributed by atoms with van der Waals surface area (Å²) in [5.74, 6) is -0.221. The zero-order valence-electron chi connectivity index (χ0n) is 14.9. The van der Waals surface area contributed by atoms with Crippen molar-refractivity contribution < 1.29 is 4.79 Å². The lowest BCUT2D eigenvalue weighted by Crippen LogP contribution is -2.30. The predicted molar refractivity (Wildman–Crippen MR) is 113 cm³/mol. The number of benzene rings is 2. The van der Waals surface area contributed by atoms with Crippen LogP contribution in [0.25, 0.3) is 10.9 Å². The van der Waals surface area contributed by atoms with Gasteiger partial charge < -0.3 is 5.32 Å². The number of nitrogens with one attached hydrogen (secondary N) is 1. The third-order valence-corrected chi connectivity index (χ3v) is 5.34. The van der Waals surface area contributed by atoms with Gasteiger partial charge in [-0.25, -0.2) is 4.98 Å². The van der Waals surface area contributed by atoms with Crippen LogP contribution < -0.4 is 5.32 Å². The number of carbonyl (C=O) groups excluding carboxylic acids is 1. The van der Waals surface area contributed by atoms with Gasteiger partial charge in [0, 0.05) is 11.9 Å². The van der Waals surface area contributed by atoms with Gasteiger partial charge in [0.15, 0.2) is 0 Å². The van der Waals surface area contributed by atoms with Crippen molar-refractivity contribution in [2.45, 2.75) is 13.5 Å². The number of amides is 1. The zero-order chi connectivity index (χ0) is 19.6. The molecule has 0 aliphatic rings. The number of hydrogen-bond donors (Lipinski definition) is 1. The van der Waals surface area contributed by atoms with Crippen molar-refractivity contribution in [1.82, 2.24) is 9.88 Å². The molecule has 140 valence electrons. The number of pyridine rings is 1. The summed E-state index contributed by atoms with van der Waals surface area (Å²) in [6.45, 7) is 2.56. The van der Waals surface area contributed by atoms with Gasteiger partial charge in [0.2, 0.25) is 5.91 Å². The second-order valence-electron chi connectivity index (χ2n) is 6.33. The number of anilines is 1. The number of aromatic nitrogens is 1. The van der Waals surface area contributed by atoms with E-state index in [4.69, 9.17) is 34.8 Å². The molecule has 0 fully saturated rings. The Balaban J connectivity index is 1.72. The molecule has 3 aromatic rings. The van der Waals surface area contributed by atoms with E-state index in [0.717, 1.165) is 22.2 Å². The Morgan fingerprint density at radius 3 is 2.44 bits per heavy atom. The van der Waals surface area contributed by atoms with E-state index in [2.05, 4.69) is 10.3 Å². The molecule has 1 heterocycles. The summed E-state index contributed by atoms with van der Waals surface area (Å²) in [4.78, 5) is 18.8. The van der Waals surface area contributed by atoms with Crippen molar-refractivity contribution >= 4 is 57.3 Å². The van der Waals surface area contributed by atoms with Crippen molar-refractivity contribution in [3.8, 4) is 0 Å². The Bertz CT molecular complexity index is 987. The van der Waals surface area contributed by atoms with Crippen LogP contribution >= 0.6 is 34.8 Å². The number of fused-ring (bicyclic) bond motifs is 1. The molecule has 0 aliphatic carbocycles. The molecule has 0 unspecified atom stereocenters. The molecular weight excluding hydrogens is 405 g/mol. The van der Waals surface area contributed by atoms with Crippen LogP contribution in [-0.2, 0) is 11.3 Å². The largest absolute Gasteiger partial charge is 0.322 e. The summed E-state index contributed by atoms with van der Waals surface area (Å²) >= 11 is 18.7. The highest BCUT2D eigenvalue weighted by Gasteiger charge is 2.15. The molecule has 0 saturated carbocycles. The normalized spacial score (nSPS) is 11.2. The van der Waals surface area contributed by atoms with Crippen LogP contribution in [-0.4, -0.2) is 29.4 Å². The maximum absolute atomic E-state index is 12.4. The van der Waals surface area contributed by atoms with E-state index >= 15 is 0 Å². The van der Waals surface area contributed by atoms with Gasteiger partial charge in [-0.3, -0.25) is 9.69 Å². The fraction of sp³-hybridized carbons (Fsp3) is 0.200. The van der Waals surface area contributed by atoms with Crippen LogP contribution in [0, 0.1) is 6.92 Å². The number of hydrogen-bond acceptors (Lipinski definition) is 3. The van der Waals surface area contributed by atoms with E-state index in [1.807, 2.05) is 43.1 Å². The maximum atomic E-state index is 12.4. The van der Waals surface area contributed by atoms with Gasteiger partial charge in [0.25, 0.3) is 0 Å². The van der Waals surface area contributed by atoms with Gasteiger partial charge in [-0.15, -0.1) is 0 Å². The molecular formula is C20H18Cl3N3O. The Morgan fingerprint density at radius 2 is 1.74 bits per heavy atom. The highest BCUT2D eigenvalue weighted by atomic mass is 35.5. The number of likely N-dealkylation sites (N-methyl/N-ethyl adjacent to an activating group) is 1. The Hall–Kier alpha value is -1.85. The topological polar surface area (TPSA) is 45.2 Å². The van der Waals surface area contributed by atoms with E-state index in [0.29, 0.717) is 27.3 Å². The summed E-state index contributed by atoms with van der Waals surface area (Å²) in [6, 6.07) is 12.9. The number of aryl methyl sites for hydroxylation is 1. The average molecular weight is 423 g/mol. The minimum atomic E-state index is -0.221. The summed E-state index contributed by atoms with van der Waals surface area (Å²) in [6.07, 6.45) is 0. The Labute approximate surface area is 173 Å². The van der Waals surface area contributed by atoms with Crippen LogP contribution in [0.5, 0.6) is 0 Å². The second kappa shape index (κ2) is 8.44. The number of rotatable bonds is 5. The fourth-order valence-corrected chi connectivity index (χ4v) is 3.57. The van der Waals surface area contributed by atoms with Gasteiger partial charge in [-0.1, -0.05) is 59.1 Å². The molecule has 4 nitrogen and oxygen atoms in total. The summed E-state index contributed by atoms with van der Waals surface area (Å²) < 4.78 is 0. The van der Waals surface area contributed by atoms with Crippen molar-refractivity contribution in [3.05, 3.63) is 68.8 Å². The predicted octanol–water partition coefficient (Wildman–Crippen LogP) is 5.57. The van der Waals surface area contributed by atoms with E-state index in [9.17, 15) is 4.79 Å². The van der Waals surface area contributed by atoms with Gasteiger partial charge in [-0.05, 0) is 37.7 Å². The molecule has 0 radical (unpaired) electrons. The molecule has 1 amide bonds. The summed E-state index contributed by atoms with van der Waals surface area (Å²) in [7, 11) is 1.83.